The smallest absolute Gasteiger partial charge is 0.306 e. The van der Waals surface area contributed by atoms with E-state index in [4.69, 9.17) is 11.6 Å². The van der Waals surface area contributed by atoms with Crippen molar-refractivity contribution in [2.45, 2.75) is 5.38 Å². The summed E-state index contributed by atoms with van der Waals surface area (Å²) in [4.78, 5) is 16.7. The number of fused-ring (bicyclic) bond motifs is 1. The molecule has 0 bridgehead atoms. The molecule has 3 aromatic rings. The Bertz CT molecular complexity index is 825. The highest BCUT2D eigenvalue weighted by atomic mass is 79.9. The van der Waals surface area contributed by atoms with Crippen LogP contribution in [0.2, 0.25) is 0 Å². The predicted octanol–water partition coefficient (Wildman–Crippen LogP) is 4.09. The van der Waals surface area contributed by atoms with Gasteiger partial charge in [0.25, 0.3) is 0 Å². The average molecular weight is 356 g/mol. The van der Waals surface area contributed by atoms with Gasteiger partial charge < -0.3 is 9.97 Å². The lowest BCUT2D eigenvalue weighted by atomic mass is 10.0. The number of halogens is 3. The number of aromatic amines is 2. The first-order valence-corrected chi connectivity index (χ1v) is 7.08. The SMILES string of the molecule is O=c1[nH]c2cc(Br)c(C(Cl)c3ccc(F)cc3)cc2[nH]1. The summed E-state index contributed by atoms with van der Waals surface area (Å²) >= 11 is 9.89. The summed E-state index contributed by atoms with van der Waals surface area (Å²) in [6, 6.07) is 9.62. The number of imidazole rings is 1. The van der Waals surface area contributed by atoms with E-state index in [0.29, 0.717) is 11.0 Å². The van der Waals surface area contributed by atoms with E-state index in [1.165, 1.54) is 12.1 Å². The largest absolute Gasteiger partial charge is 0.323 e. The molecule has 2 aromatic carbocycles. The van der Waals surface area contributed by atoms with E-state index >= 15 is 0 Å². The molecule has 102 valence electrons. The van der Waals surface area contributed by atoms with Crippen molar-refractivity contribution in [1.82, 2.24) is 9.97 Å². The first-order chi connectivity index (χ1) is 9.54. The van der Waals surface area contributed by atoms with Crippen LogP contribution in [0.1, 0.15) is 16.5 Å². The van der Waals surface area contributed by atoms with Crippen LogP contribution in [0.25, 0.3) is 11.0 Å². The van der Waals surface area contributed by atoms with Gasteiger partial charge in [-0.2, -0.15) is 0 Å². The number of alkyl halides is 1. The van der Waals surface area contributed by atoms with Crippen LogP contribution in [0.15, 0.2) is 45.7 Å². The lowest BCUT2D eigenvalue weighted by molar-refractivity contribution is 0.627. The van der Waals surface area contributed by atoms with E-state index in [0.717, 1.165) is 15.6 Å². The number of hydrogen-bond acceptors (Lipinski definition) is 1. The third-order valence-electron chi connectivity index (χ3n) is 3.07. The van der Waals surface area contributed by atoms with Crippen molar-refractivity contribution < 1.29 is 4.39 Å². The molecular formula is C14H9BrClFN2O. The van der Waals surface area contributed by atoms with Gasteiger partial charge in [-0.15, -0.1) is 11.6 Å². The number of H-pyrrole nitrogens is 2. The molecular weight excluding hydrogens is 347 g/mol. The van der Waals surface area contributed by atoms with Crippen LogP contribution in [-0.4, -0.2) is 9.97 Å². The molecule has 3 rings (SSSR count). The topological polar surface area (TPSA) is 48.6 Å². The molecule has 0 aliphatic heterocycles. The van der Waals surface area contributed by atoms with E-state index in [-0.39, 0.29) is 11.5 Å². The summed E-state index contributed by atoms with van der Waals surface area (Å²) in [5.74, 6) is -0.304. The zero-order chi connectivity index (χ0) is 14.3. The second-order valence-corrected chi connectivity index (χ2v) is 5.70. The highest BCUT2D eigenvalue weighted by Gasteiger charge is 2.16. The summed E-state index contributed by atoms with van der Waals surface area (Å²) < 4.78 is 13.7. The molecule has 0 aliphatic carbocycles. The molecule has 1 heterocycles. The number of rotatable bonds is 2. The Labute approximate surface area is 126 Å². The van der Waals surface area contributed by atoms with Gasteiger partial charge in [-0.05, 0) is 35.4 Å². The van der Waals surface area contributed by atoms with E-state index in [1.807, 2.05) is 0 Å². The Morgan fingerprint density at radius 2 is 1.70 bits per heavy atom. The van der Waals surface area contributed by atoms with Crippen LogP contribution in [-0.2, 0) is 0 Å². The first-order valence-electron chi connectivity index (χ1n) is 5.85. The van der Waals surface area contributed by atoms with Crippen LogP contribution in [0.3, 0.4) is 0 Å². The van der Waals surface area contributed by atoms with Crippen molar-refractivity contribution in [3.63, 3.8) is 0 Å². The Morgan fingerprint density at radius 1 is 1.10 bits per heavy atom. The molecule has 0 amide bonds. The molecule has 1 aromatic heterocycles. The second kappa shape index (κ2) is 5.07. The van der Waals surface area contributed by atoms with Crippen LogP contribution in [0, 0.1) is 5.82 Å². The zero-order valence-electron chi connectivity index (χ0n) is 10.1. The molecule has 0 saturated heterocycles. The lowest BCUT2D eigenvalue weighted by Crippen LogP contribution is -1.99. The normalized spacial score (nSPS) is 12.8. The van der Waals surface area contributed by atoms with Gasteiger partial charge in [0.05, 0.1) is 16.4 Å². The maximum atomic E-state index is 12.9. The molecule has 0 aliphatic rings. The van der Waals surface area contributed by atoms with E-state index < -0.39 is 5.38 Å². The van der Waals surface area contributed by atoms with Gasteiger partial charge in [0, 0.05) is 4.47 Å². The van der Waals surface area contributed by atoms with Gasteiger partial charge in [0.1, 0.15) is 5.82 Å². The zero-order valence-corrected chi connectivity index (χ0v) is 12.4. The van der Waals surface area contributed by atoms with E-state index in [1.54, 1.807) is 24.3 Å². The number of nitrogens with one attached hydrogen (secondary N) is 2. The molecule has 20 heavy (non-hydrogen) atoms. The third kappa shape index (κ3) is 2.39. The van der Waals surface area contributed by atoms with Crippen LogP contribution < -0.4 is 5.69 Å². The molecule has 6 heteroatoms. The maximum absolute atomic E-state index is 12.9. The molecule has 1 unspecified atom stereocenters. The molecule has 0 fully saturated rings. The van der Waals surface area contributed by atoms with Crippen LogP contribution >= 0.6 is 27.5 Å². The summed E-state index contributed by atoms with van der Waals surface area (Å²) in [5.41, 5.74) is 2.71. The first kappa shape index (κ1) is 13.4. The monoisotopic (exact) mass is 354 g/mol. The van der Waals surface area contributed by atoms with Crippen molar-refractivity contribution in [3.05, 3.63) is 68.3 Å². The highest BCUT2D eigenvalue weighted by molar-refractivity contribution is 9.10. The van der Waals surface area contributed by atoms with Gasteiger partial charge in [0.2, 0.25) is 0 Å². The van der Waals surface area contributed by atoms with Crippen LogP contribution in [0.5, 0.6) is 0 Å². The Balaban J connectivity index is 2.10. The average Bonchev–Trinajstić information content (AvgIpc) is 2.77. The fourth-order valence-corrected chi connectivity index (χ4v) is 3.11. The van der Waals surface area contributed by atoms with Gasteiger partial charge >= 0.3 is 5.69 Å². The van der Waals surface area contributed by atoms with Crippen molar-refractivity contribution in [3.8, 4) is 0 Å². The van der Waals surface area contributed by atoms with Crippen LogP contribution in [0.4, 0.5) is 4.39 Å². The molecule has 2 N–H and O–H groups in total. The Kier molecular flexibility index (Phi) is 3.40. The van der Waals surface area contributed by atoms with Gasteiger partial charge in [0.15, 0.2) is 0 Å². The fourth-order valence-electron chi connectivity index (χ4n) is 2.08. The van der Waals surface area contributed by atoms with Gasteiger partial charge in [-0.3, -0.25) is 0 Å². The minimum Gasteiger partial charge on any atom is -0.306 e. The quantitative estimate of drug-likeness (QED) is 0.668. The maximum Gasteiger partial charge on any atom is 0.323 e. The van der Waals surface area contributed by atoms with Crippen molar-refractivity contribution in [1.29, 1.82) is 0 Å². The Hall–Kier alpha value is -1.59. The minimum atomic E-state index is -0.437. The Morgan fingerprint density at radius 3 is 2.35 bits per heavy atom. The van der Waals surface area contributed by atoms with Crippen molar-refractivity contribution >= 4 is 38.6 Å². The lowest BCUT2D eigenvalue weighted by Gasteiger charge is -2.12. The summed E-state index contributed by atoms with van der Waals surface area (Å²) in [7, 11) is 0. The predicted molar refractivity (Wildman–Crippen MR) is 80.7 cm³/mol. The molecule has 0 spiro atoms. The summed E-state index contributed by atoms with van der Waals surface area (Å²) in [5, 5.41) is -0.437. The minimum absolute atomic E-state index is 0.267. The molecule has 0 saturated carbocycles. The molecule has 0 radical (unpaired) electrons. The number of aromatic nitrogens is 2. The standard InChI is InChI=1S/C14H9BrClFN2O/c15-10-6-12-11(18-14(20)19-12)5-9(10)13(16)7-1-3-8(17)4-2-7/h1-6,13H,(H2,18,19,20). The van der Waals surface area contributed by atoms with Gasteiger partial charge in [-0.1, -0.05) is 28.1 Å². The summed E-state index contributed by atoms with van der Waals surface area (Å²) in [6.07, 6.45) is 0. The van der Waals surface area contributed by atoms with Crippen molar-refractivity contribution in [2.24, 2.45) is 0 Å². The fraction of sp³-hybridized carbons (Fsp3) is 0.0714. The second-order valence-electron chi connectivity index (χ2n) is 4.41. The highest BCUT2D eigenvalue weighted by Crippen LogP contribution is 2.35. The van der Waals surface area contributed by atoms with E-state index in [9.17, 15) is 9.18 Å². The van der Waals surface area contributed by atoms with Gasteiger partial charge in [-0.25, -0.2) is 9.18 Å². The van der Waals surface area contributed by atoms with Crippen molar-refractivity contribution in [2.75, 3.05) is 0 Å². The molecule has 3 nitrogen and oxygen atoms in total. The summed E-state index contributed by atoms with van der Waals surface area (Å²) in [6.45, 7) is 0. The number of benzene rings is 2. The van der Waals surface area contributed by atoms with E-state index in [2.05, 4.69) is 25.9 Å². The third-order valence-corrected chi connectivity index (χ3v) is 4.24. The number of hydrogen-bond donors (Lipinski definition) is 2. The molecule has 1 atom stereocenters.